The Kier molecular flexibility index (Phi) is 3.10. The summed E-state index contributed by atoms with van der Waals surface area (Å²) in [6, 6.07) is 0. The molecule has 2 aromatic heterocycles. The average Bonchev–Trinajstić information content (AvgIpc) is 3.02. The van der Waals surface area contributed by atoms with Gasteiger partial charge in [0, 0.05) is 0 Å². The van der Waals surface area contributed by atoms with E-state index in [2.05, 4.69) is 28.8 Å². The number of ether oxygens (including phenoxy) is 1. The molecule has 0 amide bonds. The second-order valence-corrected chi connectivity index (χ2v) is 5.02. The quantitative estimate of drug-likeness (QED) is 0.915. The highest BCUT2D eigenvalue weighted by molar-refractivity contribution is 5.81. The van der Waals surface area contributed by atoms with Gasteiger partial charge in [-0.2, -0.15) is 0 Å². The fraction of sp³-hybridized carbons (Fsp3) is 0.615. The molecule has 19 heavy (non-hydrogen) atoms. The standard InChI is InChI=1S/C13H19N5O/c1-3-8-5-10(19-9(8)4-2)18-7-17-11-12(14)15-6-16-13(11)18/h6-10H,3-5H2,1-2H3,(H2,14,15,16)/t8?,9-,10-/m1/s1. The van der Waals surface area contributed by atoms with Crippen molar-refractivity contribution < 1.29 is 4.74 Å². The van der Waals surface area contributed by atoms with Crippen LogP contribution in [0.4, 0.5) is 5.82 Å². The highest BCUT2D eigenvalue weighted by atomic mass is 16.5. The van der Waals surface area contributed by atoms with Gasteiger partial charge in [-0.3, -0.25) is 4.57 Å². The Morgan fingerprint density at radius 2 is 2.16 bits per heavy atom. The van der Waals surface area contributed by atoms with Crippen LogP contribution in [0.5, 0.6) is 0 Å². The molecule has 6 nitrogen and oxygen atoms in total. The summed E-state index contributed by atoms with van der Waals surface area (Å²) in [6.45, 7) is 4.38. The Balaban J connectivity index is 1.95. The summed E-state index contributed by atoms with van der Waals surface area (Å²) < 4.78 is 8.11. The van der Waals surface area contributed by atoms with Gasteiger partial charge in [-0.05, 0) is 18.8 Å². The number of anilines is 1. The second kappa shape index (κ2) is 4.77. The number of hydrogen-bond acceptors (Lipinski definition) is 5. The van der Waals surface area contributed by atoms with Gasteiger partial charge in [0.05, 0.1) is 12.4 Å². The van der Waals surface area contributed by atoms with Gasteiger partial charge in [0.15, 0.2) is 11.5 Å². The molecule has 1 aliphatic rings. The number of rotatable bonds is 3. The van der Waals surface area contributed by atoms with Crippen molar-refractivity contribution in [3.8, 4) is 0 Å². The van der Waals surface area contributed by atoms with Crippen LogP contribution in [-0.2, 0) is 4.74 Å². The zero-order chi connectivity index (χ0) is 13.4. The predicted octanol–water partition coefficient (Wildman–Crippen LogP) is 2.13. The van der Waals surface area contributed by atoms with Gasteiger partial charge in [0.1, 0.15) is 18.1 Å². The second-order valence-electron chi connectivity index (χ2n) is 5.02. The summed E-state index contributed by atoms with van der Waals surface area (Å²) in [4.78, 5) is 12.5. The lowest BCUT2D eigenvalue weighted by Crippen LogP contribution is -2.14. The first-order valence-electron chi connectivity index (χ1n) is 6.83. The van der Waals surface area contributed by atoms with E-state index in [9.17, 15) is 0 Å². The molecule has 0 aliphatic carbocycles. The third-order valence-corrected chi connectivity index (χ3v) is 3.99. The third kappa shape index (κ3) is 1.96. The lowest BCUT2D eigenvalue weighted by atomic mass is 9.96. The molecule has 1 saturated heterocycles. The van der Waals surface area contributed by atoms with Crippen molar-refractivity contribution in [3.63, 3.8) is 0 Å². The lowest BCUT2D eigenvalue weighted by Gasteiger charge is -2.15. The van der Waals surface area contributed by atoms with E-state index in [0.29, 0.717) is 23.4 Å². The number of imidazole rings is 1. The molecule has 0 bridgehead atoms. The van der Waals surface area contributed by atoms with E-state index in [1.807, 2.05) is 4.57 Å². The van der Waals surface area contributed by atoms with Crippen LogP contribution in [0.2, 0.25) is 0 Å². The number of nitrogen functional groups attached to an aromatic ring is 1. The van der Waals surface area contributed by atoms with Crippen molar-refractivity contribution in [2.24, 2.45) is 5.92 Å². The topological polar surface area (TPSA) is 78.9 Å². The van der Waals surface area contributed by atoms with Crippen LogP contribution in [0, 0.1) is 5.92 Å². The van der Waals surface area contributed by atoms with Crippen molar-refractivity contribution >= 4 is 17.0 Å². The number of nitrogens with two attached hydrogens (primary N) is 1. The Morgan fingerprint density at radius 3 is 2.84 bits per heavy atom. The third-order valence-electron chi connectivity index (χ3n) is 3.99. The summed E-state index contributed by atoms with van der Waals surface area (Å²) >= 11 is 0. The minimum Gasteiger partial charge on any atom is -0.382 e. The highest BCUT2D eigenvalue weighted by Gasteiger charge is 2.34. The molecular weight excluding hydrogens is 242 g/mol. The minimum atomic E-state index is 0.00852. The van der Waals surface area contributed by atoms with E-state index in [0.717, 1.165) is 24.9 Å². The molecule has 1 aliphatic heterocycles. The van der Waals surface area contributed by atoms with Gasteiger partial charge in [0.2, 0.25) is 0 Å². The Labute approximate surface area is 112 Å². The largest absolute Gasteiger partial charge is 0.382 e. The molecule has 6 heteroatoms. The number of hydrogen-bond donors (Lipinski definition) is 1. The summed E-state index contributed by atoms with van der Waals surface area (Å²) in [5.74, 6) is 1.02. The van der Waals surface area contributed by atoms with E-state index in [1.54, 1.807) is 6.33 Å². The van der Waals surface area contributed by atoms with Gasteiger partial charge in [-0.15, -0.1) is 0 Å². The van der Waals surface area contributed by atoms with Crippen LogP contribution in [0.25, 0.3) is 11.2 Å². The van der Waals surface area contributed by atoms with Crippen LogP contribution in [0.3, 0.4) is 0 Å². The van der Waals surface area contributed by atoms with E-state index in [4.69, 9.17) is 10.5 Å². The van der Waals surface area contributed by atoms with Gasteiger partial charge in [-0.25, -0.2) is 15.0 Å². The maximum absolute atomic E-state index is 6.13. The summed E-state index contributed by atoms with van der Waals surface area (Å²) in [5, 5.41) is 0. The molecule has 0 aromatic carbocycles. The average molecular weight is 261 g/mol. The molecular formula is C13H19N5O. The maximum Gasteiger partial charge on any atom is 0.167 e. The first-order chi connectivity index (χ1) is 9.24. The number of fused-ring (bicyclic) bond motifs is 1. The van der Waals surface area contributed by atoms with Crippen LogP contribution in [-0.4, -0.2) is 25.6 Å². The highest BCUT2D eigenvalue weighted by Crippen LogP contribution is 2.37. The van der Waals surface area contributed by atoms with Crippen molar-refractivity contribution in [3.05, 3.63) is 12.7 Å². The molecule has 0 radical (unpaired) electrons. The molecule has 3 atom stereocenters. The van der Waals surface area contributed by atoms with E-state index < -0.39 is 0 Å². The molecule has 102 valence electrons. The fourth-order valence-corrected chi connectivity index (χ4v) is 2.90. The molecule has 3 heterocycles. The number of aromatic nitrogens is 4. The summed E-state index contributed by atoms with van der Waals surface area (Å²) in [7, 11) is 0. The van der Waals surface area contributed by atoms with E-state index in [-0.39, 0.29) is 6.23 Å². The Morgan fingerprint density at radius 1 is 1.32 bits per heavy atom. The van der Waals surface area contributed by atoms with Crippen molar-refractivity contribution in [2.45, 2.75) is 45.4 Å². The summed E-state index contributed by atoms with van der Waals surface area (Å²) in [5.41, 5.74) is 7.21. The van der Waals surface area contributed by atoms with Crippen molar-refractivity contribution in [1.82, 2.24) is 19.5 Å². The minimum absolute atomic E-state index is 0.00852. The van der Waals surface area contributed by atoms with E-state index in [1.165, 1.54) is 6.33 Å². The van der Waals surface area contributed by atoms with Gasteiger partial charge < -0.3 is 10.5 Å². The normalized spacial score (nSPS) is 27.2. The maximum atomic E-state index is 6.13. The zero-order valence-electron chi connectivity index (χ0n) is 11.3. The van der Waals surface area contributed by atoms with Crippen LogP contribution in [0.1, 0.15) is 39.3 Å². The van der Waals surface area contributed by atoms with Crippen LogP contribution < -0.4 is 5.73 Å². The monoisotopic (exact) mass is 261 g/mol. The molecule has 2 N–H and O–H groups in total. The first kappa shape index (κ1) is 12.3. The summed E-state index contributed by atoms with van der Waals surface area (Å²) in [6.07, 6.45) is 6.74. The Hall–Kier alpha value is -1.69. The molecule has 2 aromatic rings. The van der Waals surface area contributed by atoms with E-state index >= 15 is 0 Å². The zero-order valence-corrected chi connectivity index (χ0v) is 11.3. The Bertz CT molecular complexity index is 569. The van der Waals surface area contributed by atoms with Crippen LogP contribution >= 0.6 is 0 Å². The molecule has 0 saturated carbocycles. The smallest absolute Gasteiger partial charge is 0.167 e. The first-order valence-corrected chi connectivity index (χ1v) is 6.83. The van der Waals surface area contributed by atoms with Gasteiger partial charge in [-0.1, -0.05) is 20.3 Å². The molecule has 0 spiro atoms. The lowest BCUT2D eigenvalue weighted by molar-refractivity contribution is -0.00446. The van der Waals surface area contributed by atoms with Gasteiger partial charge >= 0.3 is 0 Å². The SMILES string of the molecule is CCC1C[C@H](n2cnc3c(N)ncnc32)O[C@@H]1CC. The molecule has 1 fully saturated rings. The fourth-order valence-electron chi connectivity index (χ4n) is 2.90. The molecule has 1 unspecified atom stereocenters. The molecule has 3 rings (SSSR count). The number of nitrogens with zero attached hydrogens (tertiary/aromatic N) is 4. The van der Waals surface area contributed by atoms with Crippen molar-refractivity contribution in [2.75, 3.05) is 5.73 Å². The van der Waals surface area contributed by atoms with Crippen molar-refractivity contribution in [1.29, 1.82) is 0 Å². The van der Waals surface area contributed by atoms with Crippen LogP contribution in [0.15, 0.2) is 12.7 Å². The van der Waals surface area contributed by atoms with Gasteiger partial charge in [0.25, 0.3) is 0 Å². The predicted molar refractivity (Wildman–Crippen MR) is 72.3 cm³/mol.